The normalized spacial score (nSPS) is 16.1. The van der Waals surface area contributed by atoms with Crippen LogP contribution in [0.15, 0.2) is 109 Å². The van der Waals surface area contributed by atoms with Crippen LogP contribution in [0.2, 0.25) is 5.02 Å². The number of nitrogens with zero attached hydrogens (tertiary/aromatic N) is 1. The Hall–Kier alpha value is -4.94. The molecule has 42 heavy (non-hydrogen) atoms. The number of benzene rings is 5. The first-order chi connectivity index (χ1) is 20.5. The molecule has 0 aromatic heterocycles. The maximum atomic E-state index is 13.3. The van der Waals surface area contributed by atoms with Crippen molar-refractivity contribution in [2.24, 2.45) is 0 Å². The molecule has 0 amide bonds. The largest absolute Gasteiger partial charge is 0.497 e. The number of carbonyl (C=O) groups excluding carboxylic acids is 1. The van der Waals surface area contributed by atoms with Crippen molar-refractivity contribution in [1.82, 2.24) is 0 Å². The molecule has 0 saturated carbocycles. The number of nitrogens with one attached hydrogen (secondary N) is 1. The van der Waals surface area contributed by atoms with Crippen LogP contribution in [0.3, 0.4) is 0 Å². The summed E-state index contributed by atoms with van der Waals surface area (Å²) in [5.41, 5.74) is 5.19. The minimum absolute atomic E-state index is 0.369. The Bertz CT molecular complexity index is 1840. The van der Waals surface area contributed by atoms with Crippen molar-refractivity contribution < 1.29 is 19.0 Å². The monoisotopic (exact) mass is 574 g/mol. The molecule has 1 spiro atoms. The van der Waals surface area contributed by atoms with Gasteiger partial charge in [-0.1, -0.05) is 41.9 Å². The van der Waals surface area contributed by atoms with E-state index in [1.165, 1.54) is 0 Å². The number of methoxy groups -OCH3 is 1. The summed E-state index contributed by atoms with van der Waals surface area (Å²) < 4.78 is 18.3. The number of anilines is 4. The van der Waals surface area contributed by atoms with Gasteiger partial charge in [0.15, 0.2) is 5.60 Å². The number of fused-ring (bicyclic) bond motifs is 6. The van der Waals surface area contributed by atoms with E-state index in [4.69, 9.17) is 25.8 Å². The molecule has 5 aromatic carbocycles. The van der Waals surface area contributed by atoms with Crippen molar-refractivity contribution in [1.29, 1.82) is 0 Å². The first-order valence-corrected chi connectivity index (χ1v) is 14.1. The summed E-state index contributed by atoms with van der Waals surface area (Å²) in [7, 11) is 1.66. The summed E-state index contributed by atoms with van der Waals surface area (Å²) in [5.74, 6) is 1.67. The number of hydrogen-bond donors (Lipinski definition) is 1. The van der Waals surface area contributed by atoms with Crippen LogP contribution in [-0.2, 0) is 10.3 Å². The van der Waals surface area contributed by atoms with Gasteiger partial charge in [0.25, 0.3) is 0 Å². The molecule has 0 saturated heterocycles. The number of ether oxygens (including phenoxy) is 3. The summed E-state index contributed by atoms with van der Waals surface area (Å²) in [5, 5.41) is 4.01. The molecule has 0 aliphatic carbocycles. The van der Waals surface area contributed by atoms with Crippen LogP contribution in [0.4, 0.5) is 22.7 Å². The molecule has 0 bridgehead atoms. The standard InChI is InChI=1S/C35H27ClN2O4/c1-3-38(23-13-16-25(40-2)17-14-23)24-15-18-28-33(21-24)41-32-19-12-22(37-31-11-7-6-10-30(31)36)20-29(32)35(28)27-9-5-4-8-26(27)34(39)42-35/h4-21,37H,3H2,1-2H3. The van der Waals surface area contributed by atoms with Crippen LogP contribution in [0.1, 0.15) is 34.0 Å². The number of hydrogen-bond acceptors (Lipinski definition) is 6. The molecule has 2 heterocycles. The van der Waals surface area contributed by atoms with Crippen LogP contribution in [0, 0.1) is 0 Å². The van der Waals surface area contributed by atoms with Gasteiger partial charge in [-0.3, -0.25) is 0 Å². The molecule has 1 unspecified atom stereocenters. The van der Waals surface area contributed by atoms with E-state index in [2.05, 4.69) is 17.1 Å². The zero-order valence-corrected chi connectivity index (χ0v) is 23.8. The zero-order chi connectivity index (χ0) is 28.8. The van der Waals surface area contributed by atoms with Crippen molar-refractivity contribution in [3.05, 3.63) is 136 Å². The molecule has 2 aliphatic heterocycles. The van der Waals surface area contributed by atoms with Crippen LogP contribution < -0.4 is 19.7 Å². The molecule has 2 aliphatic rings. The Kier molecular flexibility index (Phi) is 6.29. The van der Waals surface area contributed by atoms with Gasteiger partial charge in [-0.2, -0.15) is 0 Å². The van der Waals surface area contributed by atoms with Crippen molar-refractivity contribution in [3.8, 4) is 17.2 Å². The number of para-hydroxylation sites is 1. The SMILES string of the molecule is CCN(c1ccc(OC)cc1)c1ccc2c(c1)Oc1ccc(Nc3ccccc3Cl)cc1C21OC(=O)c2ccccc21. The summed E-state index contributed by atoms with van der Waals surface area (Å²) in [6.45, 7) is 2.84. The second-order valence-corrected chi connectivity index (χ2v) is 10.6. The summed E-state index contributed by atoms with van der Waals surface area (Å²) in [4.78, 5) is 15.5. The second kappa shape index (κ2) is 10.2. The second-order valence-electron chi connectivity index (χ2n) is 10.2. The molecule has 1 atom stereocenters. The molecule has 0 radical (unpaired) electrons. The number of carbonyl (C=O) groups is 1. The van der Waals surface area contributed by atoms with Crippen molar-refractivity contribution in [2.45, 2.75) is 12.5 Å². The smallest absolute Gasteiger partial charge is 0.340 e. The molecule has 6 nitrogen and oxygen atoms in total. The lowest BCUT2D eigenvalue weighted by Gasteiger charge is -2.37. The fourth-order valence-corrected chi connectivity index (χ4v) is 6.08. The zero-order valence-electron chi connectivity index (χ0n) is 23.1. The fraction of sp³-hybridized carbons (Fsp3) is 0.114. The van der Waals surface area contributed by atoms with Crippen molar-refractivity contribution in [2.75, 3.05) is 23.9 Å². The third-order valence-electron chi connectivity index (χ3n) is 7.86. The van der Waals surface area contributed by atoms with Gasteiger partial charge in [-0.25, -0.2) is 4.79 Å². The van der Waals surface area contributed by atoms with E-state index < -0.39 is 5.60 Å². The van der Waals surface area contributed by atoms with Crippen molar-refractivity contribution >= 4 is 40.3 Å². The first kappa shape index (κ1) is 26.0. The highest BCUT2D eigenvalue weighted by Crippen LogP contribution is 2.57. The quantitative estimate of drug-likeness (QED) is 0.204. The van der Waals surface area contributed by atoms with Gasteiger partial charge in [-0.15, -0.1) is 0 Å². The lowest BCUT2D eigenvalue weighted by molar-refractivity contribution is 0.0224. The minimum Gasteiger partial charge on any atom is -0.497 e. The highest BCUT2D eigenvalue weighted by molar-refractivity contribution is 6.33. The topological polar surface area (TPSA) is 60.0 Å². The number of esters is 1. The lowest BCUT2D eigenvalue weighted by Crippen LogP contribution is -2.33. The van der Waals surface area contributed by atoms with Gasteiger partial charge < -0.3 is 24.4 Å². The van der Waals surface area contributed by atoms with E-state index >= 15 is 0 Å². The molecular weight excluding hydrogens is 548 g/mol. The minimum atomic E-state index is -1.18. The van der Waals surface area contributed by atoms with Crippen molar-refractivity contribution in [3.63, 3.8) is 0 Å². The third kappa shape index (κ3) is 4.06. The highest BCUT2D eigenvalue weighted by atomic mass is 35.5. The van der Waals surface area contributed by atoms with Crippen LogP contribution >= 0.6 is 11.6 Å². The van der Waals surface area contributed by atoms with Crippen LogP contribution in [0.25, 0.3) is 0 Å². The van der Waals surface area contributed by atoms with Crippen LogP contribution in [0.5, 0.6) is 17.2 Å². The molecule has 208 valence electrons. The lowest BCUT2D eigenvalue weighted by atomic mass is 9.77. The summed E-state index contributed by atoms with van der Waals surface area (Å²) >= 11 is 6.44. The van der Waals surface area contributed by atoms with E-state index in [0.29, 0.717) is 22.1 Å². The first-order valence-electron chi connectivity index (χ1n) is 13.7. The van der Waals surface area contributed by atoms with E-state index in [0.717, 1.165) is 51.7 Å². The molecule has 7 heteroatoms. The molecule has 7 rings (SSSR count). The van der Waals surface area contributed by atoms with Gasteiger partial charge in [-0.05, 0) is 79.7 Å². The number of halogens is 1. The van der Waals surface area contributed by atoms with E-state index in [1.54, 1.807) is 7.11 Å². The van der Waals surface area contributed by atoms with Crippen LogP contribution in [-0.4, -0.2) is 19.6 Å². The predicted octanol–water partition coefficient (Wildman–Crippen LogP) is 8.82. The number of rotatable bonds is 6. The Balaban J connectivity index is 1.37. The third-order valence-corrected chi connectivity index (χ3v) is 8.19. The molecular formula is C35H27ClN2O4. The fourth-order valence-electron chi connectivity index (χ4n) is 5.90. The van der Waals surface area contributed by atoms with Gasteiger partial charge in [0.2, 0.25) is 0 Å². The Morgan fingerprint density at radius 3 is 2.36 bits per heavy atom. The summed E-state index contributed by atoms with van der Waals surface area (Å²) in [6.07, 6.45) is 0. The van der Waals surface area contributed by atoms with Gasteiger partial charge >= 0.3 is 5.97 Å². The maximum absolute atomic E-state index is 13.3. The highest BCUT2D eigenvalue weighted by Gasteiger charge is 2.53. The molecule has 5 aromatic rings. The Labute approximate surface area is 249 Å². The molecule has 0 fully saturated rings. The Morgan fingerprint density at radius 2 is 1.57 bits per heavy atom. The predicted molar refractivity (Wildman–Crippen MR) is 165 cm³/mol. The summed E-state index contributed by atoms with van der Waals surface area (Å²) in [6, 6.07) is 34.9. The molecule has 1 N–H and O–H groups in total. The van der Waals surface area contributed by atoms with Gasteiger partial charge in [0.05, 0.1) is 23.4 Å². The van der Waals surface area contributed by atoms with Gasteiger partial charge in [0, 0.05) is 46.4 Å². The maximum Gasteiger partial charge on any atom is 0.340 e. The van der Waals surface area contributed by atoms with E-state index in [-0.39, 0.29) is 5.97 Å². The Morgan fingerprint density at radius 1 is 0.810 bits per heavy atom. The average molecular weight is 575 g/mol. The van der Waals surface area contributed by atoms with Gasteiger partial charge in [0.1, 0.15) is 17.2 Å². The van der Waals surface area contributed by atoms with E-state index in [1.807, 2.05) is 109 Å². The van der Waals surface area contributed by atoms with E-state index in [9.17, 15) is 4.79 Å². The average Bonchev–Trinajstić information content (AvgIpc) is 3.32.